The molecule has 0 aromatic carbocycles. The summed E-state index contributed by atoms with van der Waals surface area (Å²) in [7, 11) is -4.31. The Balaban J connectivity index is 2.17. The van der Waals surface area contributed by atoms with Crippen molar-refractivity contribution in [2.75, 3.05) is 13.1 Å². The summed E-state index contributed by atoms with van der Waals surface area (Å²) in [6, 6.07) is 0. The summed E-state index contributed by atoms with van der Waals surface area (Å²) in [6.45, 7) is 3.86. The van der Waals surface area contributed by atoms with Crippen molar-refractivity contribution in [3.63, 3.8) is 0 Å². The van der Waals surface area contributed by atoms with Crippen LogP contribution in [-0.2, 0) is 21.1 Å². The second-order valence-electron chi connectivity index (χ2n) is 7.64. The standard InChI is InChI=1S/C15H28FNO4S2/c1-13(2,22(18)19)14(3,16)23(20,21)17-11-9-15(10-12-17)7-5-4-6-8-15/h4-12H2,1-3H3,(H,18,19). The van der Waals surface area contributed by atoms with Crippen LogP contribution in [0.3, 0.4) is 0 Å². The lowest BCUT2D eigenvalue weighted by Crippen LogP contribution is -2.59. The Labute approximate surface area is 141 Å². The zero-order chi connectivity index (χ0) is 17.5. The fourth-order valence-electron chi connectivity index (χ4n) is 3.71. The fraction of sp³-hybridized carbons (Fsp3) is 1.00. The van der Waals surface area contributed by atoms with Gasteiger partial charge in [0.05, 0.1) is 0 Å². The Morgan fingerprint density at radius 1 is 1.04 bits per heavy atom. The molecule has 2 atom stereocenters. The van der Waals surface area contributed by atoms with Gasteiger partial charge in [-0.15, -0.1) is 0 Å². The van der Waals surface area contributed by atoms with Crippen molar-refractivity contribution in [2.24, 2.45) is 5.41 Å². The van der Waals surface area contributed by atoms with Crippen molar-refractivity contribution in [1.29, 1.82) is 0 Å². The zero-order valence-corrected chi connectivity index (χ0v) is 15.8. The lowest BCUT2D eigenvalue weighted by atomic mass is 9.68. The van der Waals surface area contributed by atoms with E-state index in [1.807, 2.05) is 0 Å². The Morgan fingerprint density at radius 3 is 1.96 bits per heavy atom. The van der Waals surface area contributed by atoms with Gasteiger partial charge in [-0.05, 0) is 51.9 Å². The first-order valence-corrected chi connectivity index (χ1v) is 10.8. The van der Waals surface area contributed by atoms with Crippen LogP contribution < -0.4 is 0 Å². The number of nitrogens with zero attached hydrogens (tertiary/aromatic N) is 1. The van der Waals surface area contributed by atoms with Gasteiger partial charge < -0.3 is 4.55 Å². The summed E-state index contributed by atoms with van der Waals surface area (Å²) in [5, 5.41) is -2.79. The molecule has 5 nitrogen and oxygen atoms in total. The molecule has 1 aliphatic carbocycles. The number of alkyl halides is 1. The van der Waals surface area contributed by atoms with Crippen LogP contribution in [0, 0.1) is 5.41 Å². The average molecular weight is 370 g/mol. The molecular weight excluding hydrogens is 341 g/mol. The summed E-state index contributed by atoms with van der Waals surface area (Å²) in [5.74, 6) is 0. The first-order valence-electron chi connectivity index (χ1n) is 8.26. The number of hydrogen-bond acceptors (Lipinski definition) is 3. The first-order chi connectivity index (χ1) is 10.5. The SMILES string of the molecule is CC(C)(S(=O)O)C(C)(F)S(=O)(=O)N1CCC2(CCCCC2)CC1. The maximum atomic E-state index is 15.1. The molecule has 0 aromatic heterocycles. The second kappa shape index (κ2) is 6.35. The minimum absolute atomic E-state index is 0.215. The van der Waals surface area contributed by atoms with E-state index in [1.54, 1.807) is 0 Å². The van der Waals surface area contributed by atoms with Crippen LogP contribution in [0.4, 0.5) is 4.39 Å². The van der Waals surface area contributed by atoms with E-state index in [0.717, 1.165) is 32.6 Å². The van der Waals surface area contributed by atoms with Gasteiger partial charge in [-0.1, -0.05) is 19.3 Å². The molecule has 136 valence electrons. The molecule has 0 aromatic rings. The highest BCUT2D eigenvalue weighted by Gasteiger charge is 2.58. The van der Waals surface area contributed by atoms with Crippen LogP contribution in [0.2, 0.25) is 0 Å². The van der Waals surface area contributed by atoms with Gasteiger partial charge in [-0.25, -0.2) is 17.0 Å². The lowest BCUT2D eigenvalue weighted by Gasteiger charge is -2.46. The number of sulfonamides is 1. The van der Waals surface area contributed by atoms with Gasteiger partial charge in [-0.3, -0.25) is 0 Å². The van der Waals surface area contributed by atoms with Gasteiger partial charge in [0.2, 0.25) is 5.00 Å². The molecule has 1 spiro atoms. The maximum Gasteiger partial charge on any atom is 0.250 e. The Bertz CT molecular complexity index is 558. The van der Waals surface area contributed by atoms with E-state index in [-0.39, 0.29) is 5.41 Å². The van der Waals surface area contributed by atoms with Gasteiger partial charge in [0.15, 0.2) is 11.1 Å². The Hall–Kier alpha value is -0.0500. The molecule has 8 heteroatoms. The van der Waals surface area contributed by atoms with Crippen LogP contribution in [0.5, 0.6) is 0 Å². The number of rotatable bonds is 4. The highest BCUT2D eigenvalue weighted by molar-refractivity contribution is 7.92. The summed E-state index contributed by atoms with van der Waals surface area (Å²) in [6.07, 6.45) is 7.37. The van der Waals surface area contributed by atoms with Crippen LogP contribution in [0.15, 0.2) is 0 Å². The van der Waals surface area contributed by atoms with E-state index in [9.17, 15) is 17.2 Å². The molecule has 0 amide bonds. The number of hydrogen-bond donors (Lipinski definition) is 1. The topological polar surface area (TPSA) is 74.7 Å². The summed E-state index contributed by atoms with van der Waals surface area (Å²) in [4.78, 5) is 0. The maximum absolute atomic E-state index is 15.1. The Morgan fingerprint density at radius 2 is 1.52 bits per heavy atom. The van der Waals surface area contributed by atoms with E-state index >= 15 is 4.39 Å². The van der Waals surface area contributed by atoms with E-state index in [1.165, 1.54) is 37.4 Å². The van der Waals surface area contributed by atoms with Gasteiger partial charge in [0.25, 0.3) is 10.0 Å². The van der Waals surface area contributed by atoms with Crippen LogP contribution >= 0.6 is 0 Å². The highest BCUT2D eigenvalue weighted by atomic mass is 32.2. The summed E-state index contributed by atoms with van der Waals surface area (Å²) >= 11 is -2.59. The van der Waals surface area contributed by atoms with Crippen LogP contribution in [0.1, 0.15) is 65.7 Å². The third-order valence-electron chi connectivity index (χ3n) is 6.03. The van der Waals surface area contributed by atoms with Crippen molar-refractivity contribution in [3.8, 4) is 0 Å². The molecule has 2 fully saturated rings. The van der Waals surface area contributed by atoms with Crippen molar-refractivity contribution in [1.82, 2.24) is 4.31 Å². The molecule has 2 aliphatic rings. The first kappa shape index (κ1) is 19.3. The molecular formula is C15H28FNO4S2. The van der Waals surface area contributed by atoms with Crippen LogP contribution in [-0.4, -0.2) is 44.3 Å². The number of piperidine rings is 1. The second-order valence-corrected chi connectivity index (χ2v) is 11.4. The third kappa shape index (κ3) is 3.24. The Kier molecular flexibility index (Phi) is 5.32. The molecule has 1 saturated heterocycles. The van der Waals surface area contributed by atoms with Gasteiger partial charge in [-0.2, -0.15) is 4.31 Å². The predicted molar refractivity (Wildman–Crippen MR) is 89.6 cm³/mol. The van der Waals surface area contributed by atoms with E-state index in [4.69, 9.17) is 0 Å². The van der Waals surface area contributed by atoms with E-state index in [0.29, 0.717) is 13.1 Å². The minimum Gasteiger partial charge on any atom is -0.306 e. The predicted octanol–water partition coefficient (Wildman–Crippen LogP) is 3.05. The van der Waals surface area contributed by atoms with Crippen molar-refractivity contribution in [3.05, 3.63) is 0 Å². The monoisotopic (exact) mass is 369 g/mol. The third-order valence-corrected chi connectivity index (χ3v) is 9.94. The molecule has 1 saturated carbocycles. The molecule has 23 heavy (non-hydrogen) atoms. The molecule has 2 unspecified atom stereocenters. The zero-order valence-electron chi connectivity index (χ0n) is 14.2. The lowest BCUT2D eigenvalue weighted by molar-refractivity contribution is 0.0971. The van der Waals surface area contributed by atoms with Crippen molar-refractivity contribution in [2.45, 2.75) is 75.5 Å². The van der Waals surface area contributed by atoms with Crippen molar-refractivity contribution < 1.29 is 21.6 Å². The largest absolute Gasteiger partial charge is 0.306 e. The van der Waals surface area contributed by atoms with E-state index < -0.39 is 30.9 Å². The fourth-order valence-corrected chi connectivity index (χ4v) is 6.32. The molecule has 1 aliphatic heterocycles. The summed E-state index contributed by atoms with van der Waals surface area (Å²) < 4.78 is 60.6. The van der Waals surface area contributed by atoms with Crippen LogP contribution in [0.25, 0.3) is 0 Å². The highest BCUT2D eigenvalue weighted by Crippen LogP contribution is 2.46. The van der Waals surface area contributed by atoms with Crippen molar-refractivity contribution >= 4 is 21.1 Å². The molecule has 1 N–H and O–H groups in total. The quantitative estimate of drug-likeness (QED) is 0.773. The minimum atomic E-state index is -4.31. The van der Waals surface area contributed by atoms with E-state index in [2.05, 4.69) is 0 Å². The molecule has 0 bridgehead atoms. The summed E-state index contributed by atoms with van der Waals surface area (Å²) in [5.41, 5.74) is 0.215. The van der Waals surface area contributed by atoms with Gasteiger partial charge >= 0.3 is 0 Å². The van der Waals surface area contributed by atoms with Gasteiger partial charge in [0.1, 0.15) is 4.75 Å². The smallest absolute Gasteiger partial charge is 0.250 e. The molecule has 1 heterocycles. The number of halogens is 1. The molecule has 2 rings (SSSR count). The van der Waals surface area contributed by atoms with Gasteiger partial charge in [0, 0.05) is 13.1 Å². The normalized spacial score (nSPS) is 27.5. The average Bonchev–Trinajstić information content (AvgIpc) is 2.48. The molecule has 0 radical (unpaired) electrons.